The number of hydrogen-bond donors (Lipinski definition) is 1. The molecule has 2 aromatic heterocycles. The maximum Gasteiger partial charge on any atom is 0.217 e. The van der Waals surface area contributed by atoms with Crippen LogP contribution in [0.5, 0.6) is 0 Å². The van der Waals surface area contributed by atoms with Crippen LogP contribution in [0.25, 0.3) is 0 Å². The van der Waals surface area contributed by atoms with Crippen molar-refractivity contribution in [3.63, 3.8) is 0 Å². The van der Waals surface area contributed by atoms with Crippen LogP contribution in [-0.4, -0.2) is 21.1 Å². The van der Waals surface area contributed by atoms with Gasteiger partial charge in [0.1, 0.15) is 5.76 Å². The van der Waals surface area contributed by atoms with Gasteiger partial charge in [-0.05, 0) is 29.9 Å². The summed E-state index contributed by atoms with van der Waals surface area (Å²) in [4.78, 5) is 0. The second-order valence-electron chi connectivity index (χ2n) is 4.16. The first-order valence-electron chi connectivity index (χ1n) is 6.25. The highest BCUT2D eigenvalue weighted by molar-refractivity contribution is 7.98. The van der Waals surface area contributed by atoms with Gasteiger partial charge in [-0.15, -0.1) is 5.10 Å². The molecular formula is C14H12N4OS2. The van der Waals surface area contributed by atoms with Crippen molar-refractivity contribution in [1.29, 1.82) is 0 Å². The summed E-state index contributed by atoms with van der Waals surface area (Å²) >= 11 is 6.75. The molecule has 0 unspecified atom stereocenters. The van der Waals surface area contributed by atoms with Gasteiger partial charge in [0, 0.05) is 5.75 Å². The normalized spacial score (nSPS) is 11.2. The summed E-state index contributed by atoms with van der Waals surface area (Å²) in [5, 5.41) is 12.0. The SMILES string of the molecule is S=c1[nH]nc(SCc2ccccc2)n1/N=C\c1ccco1. The zero-order valence-corrected chi connectivity index (χ0v) is 12.6. The number of thioether (sulfide) groups is 1. The zero-order valence-electron chi connectivity index (χ0n) is 11.0. The summed E-state index contributed by atoms with van der Waals surface area (Å²) in [6.45, 7) is 0. The van der Waals surface area contributed by atoms with Crippen molar-refractivity contribution in [2.24, 2.45) is 5.10 Å². The van der Waals surface area contributed by atoms with Crippen LogP contribution >= 0.6 is 24.0 Å². The van der Waals surface area contributed by atoms with E-state index < -0.39 is 0 Å². The minimum Gasteiger partial charge on any atom is -0.463 e. The Hall–Kier alpha value is -2.12. The van der Waals surface area contributed by atoms with Crippen LogP contribution in [0.3, 0.4) is 0 Å². The molecule has 0 aliphatic carbocycles. The fourth-order valence-electron chi connectivity index (χ4n) is 1.67. The van der Waals surface area contributed by atoms with Crippen LogP contribution in [0.2, 0.25) is 0 Å². The molecule has 0 bridgehead atoms. The van der Waals surface area contributed by atoms with Crippen molar-refractivity contribution < 1.29 is 4.42 Å². The number of rotatable bonds is 5. The highest BCUT2D eigenvalue weighted by Gasteiger charge is 2.06. The van der Waals surface area contributed by atoms with Gasteiger partial charge < -0.3 is 4.42 Å². The Bertz CT molecular complexity index is 775. The molecule has 1 aromatic carbocycles. The molecule has 3 rings (SSSR count). The number of furan rings is 1. The monoisotopic (exact) mass is 316 g/mol. The Morgan fingerprint density at radius 1 is 1.29 bits per heavy atom. The fraction of sp³-hybridized carbons (Fsp3) is 0.0714. The Morgan fingerprint density at radius 3 is 2.90 bits per heavy atom. The molecule has 1 N–H and O–H groups in total. The van der Waals surface area contributed by atoms with E-state index in [9.17, 15) is 0 Å². The molecule has 3 aromatic rings. The minimum absolute atomic E-state index is 0.452. The van der Waals surface area contributed by atoms with Crippen molar-refractivity contribution in [2.75, 3.05) is 0 Å². The summed E-state index contributed by atoms with van der Waals surface area (Å²) in [5.41, 5.74) is 1.22. The van der Waals surface area contributed by atoms with Crippen LogP contribution in [-0.2, 0) is 5.75 Å². The topological polar surface area (TPSA) is 59.1 Å². The third-order valence-corrected chi connectivity index (χ3v) is 3.94. The second kappa shape index (κ2) is 6.55. The van der Waals surface area contributed by atoms with Gasteiger partial charge in [-0.1, -0.05) is 42.1 Å². The Labute approximate surface area is 130 Å². The summed E-state index contributed by atoms with van der Waals surface area (Å²) in [6.07, 6.45) is 3.21. The van der Waals surface area contributed by atoms with Gasteiger partial charge in [0.2, 0.25) is 9.93 Å². The Balaban J connectivity index is 1.76. The molecule has 0 fully saturated rings. The van der Waals surface area contributed by atoms with Crippen LogP contribution in [0, 0.1) is 4.77 Å². The zero-order chi connectivity index (χ0) is 14.5. The number of nitrogens with zero attached hydrogens (tertiary/aromatic N) is 3. The van der Waals surface area contributed by atoms with E-state index in [2.05, 4.69) is 27.4 Å². The smallest absolute Gasteiger partial charge is 0.217 e. The molecule has 0 saturated carbocycles. The van der Waals surface area contributed by atoms with Crippen LogP contribution in [0.15, 0.2) is 63.4 Å². The van der Waals surface area contributed by atoms with Crippen LogP contribution in [0.1, 0.15) is 11.3 Å². The van der Waals surface area contributed by atoms with Crippen LogP contribution in [0.4, 0.5) is 0 Å². The van der Waals surface area contributed by atoms with Gasteiger partial charge >= 0.3 is 0 Å². The lowest BCUT2D eigenvalue weighted by Crippen LogP contribution is -1.93. The number of nitrogens with one attached hydrogen (secondary N) is 1. The molecule has 0 spiro atoms. The number of hydrogen-bond acceptors (Lipinski definition) is 5. The standard InChI is InChI=1S/C14H12N4OS2/c20-13-16-17-14(21-10-11-5-2-1-3-6-11)18(13)15-9-12-7-4-8-19-12/h1-9H,10H2,(H,16,20)/b15-9-. The van der Waals surface area contributed by atoms with Gasteiger partial charge in [-0.25, -0.2) is 5.10 Å². The van der Waals surface area contributed by atoms with E-state index in [0.717, 1.165) is 5.75 Å². The summed E-state index contributed by atoms with van der Waals surface area (Å²) in [5.74, 6) is 1.47. The predicted octanol–water partition coefficient (Wildman–Crippen LogP) is 3.71. The lowest BCUT2D eigenvalue weighted by Gasteiger charge is -2.00. The van der Waals surface area contributed by atoms with Gasteiger partial charge in [0.05, 0.1) is 12.5 Å². The lowest BCUT2D eigenvalue weighted by molar-refractivity contribution is 0.559. The largest absolute Gasteiger partial charge is 0.463 e. The van der Waals surface area contributed by atoms with Crippen molar-refractivity contribution in [2.45, 2.75) is 10.9 Å². The van der Waals surface area contributed by atoms with Crippen LogP contribution < -0.4 is 0 Å². The maximum absolute atomic E-state index is 5.21. The quantitative estimate of drug-likeness (QED) is 0.443. The van der Waals surface area contributed by atoms with Crippen molar-refractivity contribution >= 4 is 30.2 Å². The van der Waals surface area contributed by atoms with E-state index in [0.29, 0.717) is 15.7 Å². The van der Waals surface area contributed by atoms with E-state index in [1.54, 1.807) is 35.0 Å². The summed E-state index contributed by atoms with van der Waals surface area (Å²) in [7, 11) is 0. The molecule has 7 heteroatoms. The molecule has 0 amide bonds. The van der Waals surface area contributed by atoms with Gasteiger partial charge in [-0.2, -0.15) is 9.78 Å². The molecule has 21 heavy (non-hydrogen) atoms. The highest BCUT2D eigenvalue weighted by Crippen LogP contribution is 2.20. The first-order chi connectivity index (χ1) is 10.3. The second-order valence-corrected chi connectivity index (χ2v) is 5.49. The Morgan fingerprint density at radius 2 is 2.14 bits per heavy atom. The van der Waals surface area contributed by atoms with Gasteiger partial charge in [-0.3, -0.25) is 0 Å². The van der Waals surface area contributed by atoms with E-state index >= 15 is 0 Å². The first kappa shape index (κ1) is 13.8. The molecule has 0 radical (unpaired) electrons. The Kier molecular flexibility index (Phi) is 4.32. The van der Waals surface area contributed by atoms with Crippen molar-refractivity contribution in [1.82, 2.24) is 14.9 Å². The summed E-state index contributed by atoms with van der Waals surface area (Å²) in [6, 6.07) is 13.8. The predicted molar refractivity (Wildman–Crippen MR) is 85.1 cm³/mol. The molecular weight excluding hydrogens is 304 g/mol. The molecule has 106 valence electrons. The number of aromatic nitrogens is 3. The molecule has 0 aliphatic heterocycles. The van der Waals surface area contributed by atoms with E-state index in [-0.39, 0.29) is 0 Å². The third kappa shape index (κ3) is 3.50. The number of aromatic amines is 1. The van der Waals surface area contributed by atoms with E-state index in [4.69, 9.17) is 16.6 Å². The first-order valence-corrected chi connectivity index (χ1v) is 7.64. The van der Waals surface area contributed by atoms with Crippen molar-refractivity contribution in [3.8, 4) is 0 Å². The highest BCUT2D eigenvalue weighted by atomic mass is 32.2. The molecule has 5 nitrogen and oxygen atoms in total. The average Bonchev–Trinajstić information content (AvgIpc) is 3.14. The fourth-order valence-corrected chi connectivity index (χ4v) is 2.77. The lowest BCUT2D eigenvalue weighted by atomic mass is 10.2. The third-order valence-electron chi connectivity index (χ3n) is 2.68. The maximum atomic E-state index is 5.21. The van der Waals surface area contributed by atoms with E-state index in [1.165, 1.54) is 5.56 Å². The molecule has 0 atom stereocenters. The molecule has 2 heterocycles. The van der Waals surface area contributed by atoms with Gasteiger partial charge in [0.15, 0.2) is 0 Å². The summed E-state index contributed by atoms with van der Waals surface area (Å²) < 4.78 is 7.25. The molecule has 0 aliphatic rings. The van der Waals surface area contributed by atoms with E-state index in [1.807, 2.05) is 24.3 Å². The number of H-pyrrole nitrogens is 1. The number of benzene rings is 1. The molecule has 0 saturated heterocycles. The average molecular weight is 316 g/mol. The van der Waals surface area contributed by atoms with Crippen molar-refractivity contribution in [3.05, 3.63) is 64.8 Å². The minimum atomic E-state index is 0.452. The van der Waals surface area contributed by atoms with Gasteiger partial charge in [0.25, 0.3) is 0 Å².